The van der Waals surface area contributed by atoms with E-state index in [4.69, 9.17) is 4.74 Å². The highest BCUT2D eigenvalue weighted by molar-refractivity contribution is 9.10. The van der Waals surface area contributed by atoms with Crippen LogP contribution in [0.1, 0.15) is 0 Å². The summed E-state index contributed by atoms with van der Waals surface area (Å²) < 4.78 is 5.53. The van der Waals surface area contributed by atoms with Gasteiger partial charge in [-0.25, -0.2) is 9.78 Å². The second kappa shape index (κ2) is 6.36. The number of rotatable bonds is 4. The molecule has 0 aliphatic heterocycles. The number of hydrogen-bond acceptors (Lipinski definition) is 3. The standard InChI is InChI=1S/C9H12BrN3O2/c1-15-5-4-11-9(14)13-7-2-3-8(10)12-6-7/h2-3,6H,4-5H2,1H3,(H2,11,13,14). The maximum atomic E-state index is 11.3. The number of pyridine rings is 1. The van der Waals surface area contributed by atoms with Crippen LogP contribution < -0.4 is 10.6 Å². The number of aromatic nitrogens is 1. The van der Waals surface area contributed by atoms with Gasteiger partial charge < -0.3 is 15.4 Å². The molecule has 0 fully saturated rings. The largest absolute Gasteiger partial charge is 0.383 e. The summed E-state index contributed by atoms with van der Waals surface area (Å²) in [5, 5.41) is 5.27. The van der Waals surface area contributed by atoms with Crippen LogP contribution in [0.3, 0.4) is 0 Å². The summed E-state index contributed by atoms with van der Waals surface area (Å²) >= 11 is 3.21. The van der Waals surface area contributed by atoms with Crippen molar-refractivity contribution in [2.45, 2.75) is 0 Å². The molecule has 0 saturated carbocycles. The molecule has 0 bridgehead atoms. The second-order valence-corrected chi connectivity index (χ2v) is 3.56. The predicted molar refractivity (Wildman–Crippen MR) is 60.8 cm³/mol. The zero-order chi connectivity index (χ0) is 11.1. The highest BCUT2D eigenvalue weighted by Gasteiger charge is 2.00. The van der Waals surface area contributed by atoms with E-state index in [2.05, 4.69) is 31.5 Å². The van der Waals surface area contributed by atoms with Crippen LogP contribution in [-0.2, 0) is 4.74 Å². The maximum Gasteiger partial charge on any atom is 0.319 e. The van der Waals surface area contributed by atoms with Gasteiger partial charge in [0.05, 0.1) is 18.5 Å². The summed E-state index contributed by atoms with van der Waals surface area (Å²) in [5.41, 5.74) is 0.646. The predicted octanol–water partition coefficient (Wildman–Crippen LogP) is 1.61. The van der Waals surface area contributed by atoms with Crippen molar-refractivity contribution in [3.8, 4) is 0 Å². The molecule has 1 heterocycles. The first-order valence-corrected chi connectivity index (χ1v) is 5.17. The minimum Gasteiger partial charge on any atom is -0.383 e. The van der Waals surface area contributed by atoms with Crippen LogP contribution in [0.5, 0.6) is 0 Å². The van der Waals surface area contributed by atoms with Crippen LogP contribution in [0.25, 0.3) is 0 Å². The van der Waals surface area contributed by atoms with Gasteiger partial charge in [-0.15, -0.1) is 0 Å². The molecule has 6 heteroatoms. The summed E-state index contributed by atoms with van der Waals surface area (Å²) in [6.07, 6.45) is 1.57. The van der Waals surface area contributed by atoms with Crippen LogP contribution in [-0.4, -0.2) is 31.3 Å². The van der Waals surface area contributed by atoms with Gasteiger partial charge in [0.1, 0.15) is 4.60 Å². The van der Waals surface area contributed by atoms with Gasteiger partial charge in [0.15, 0.2) is 0 Å². The molecule has 0 unspecified atom stereocenters. The lowest BCUT2D eigenvalue weighted by atomic mass is 10.4. The molecule has 1 aromatic rings. The van der Waals surface area contributed by atoms with E-state index in [-0.39, 0.29) is 6.03 Å². The van der Waals surface area contributed by atoms with Crippen molar-refractivity contribution < 1.29 is 9.53 Å². The van der Waals surface area contributed by atoms with Crippen molar-refractivity contribution in [3.05, 3.63) is 22.9 Å². The van der Waals surface area contributed by atoms with Gasteiger partial charge in [-0.2, -0.15) is 0 Å². The van der Waals surface area contributed by atoms with E-state index < -0.39 is 0 Å². The molecule has 0 aromatic carbocycles. The minimum atomic E-state index is -0.267. The average Bonchev–Trinajstić information content (AvgIpc) is 2.22. The smallest absolute Gasteiger partial charge is 0.319 e. The average molecular weight is 274 g/mol. The molecule has 2 amide bonds. The summed E-state index contributed by atoms with van der Waals surface area (Å²) in [7, 11) is 1.58. The van der Waals surface area contributed by atoms with Gasteiger partial charge in [-0.1, -0.05) is 0 Å². The lowest BCUT2D eigenvalue weighted by Crippen LogP contribution is -2.31. The number of hydrogen-bond donors (Lipinski definition) is 2. The van der Waals surface area contributed by atoms with Crippen molar-refractivity contribution in [1.29, 1.82) is 0 Å². The van der Waals surface area contributed by atoms with Crippen molar-refractivity contribution in [1.82, 2.24) is 10.3 Å². The van der Waals surface area contributed by atoms with Gasteiger partial charge in [-0.3, -0.25) is 0 Å². The zero-order valence-corrected chi connectivity index (χ0v) is 9.87. The Balaban J connectivity index is 2.34. The van der Waals surface area contributed by atoms with Gasteiger partial charge in [0.25, 0.3) is 0 Å². The molecular weight excluding hydrogens is 262 g/mol. The molecule has 0 radical (unpaired) electrons. The number of nitrogens with one attached hydrogen (secondary N) is 2. The summed E-state index contributed by atoms with van der Waals surface area (Å²) in [6.45, 7) is 0.971. The first kappa shape index (κ1) is 11.9. The fourth-order valence-corrected chi connectivity index (χ4v) is 1.13. The van der Waals surface area contributed by atoms with E-state index in [1.54, 1.807) is 25.4 Å². The number of urea groups is 1. The Kier molecular flexibility index (Phi) is 5.06. The molecule has 0 aliphatic carbocycles. The number of halogens is 1. The fourth-order valence-electron chi connectivity index (χ4n) is 0.892. The zero-order valence-electron chi connectivity index (χ0n) is 8.29. The van der Waals surface area contributed by atoms with E-state index in [0.29, 0.717) is 18.8 Å². The molecule has 0 saturated heterocycles. The van der Waals surface area contributed by atoms with E-state index in [1.807, 2.05) is 0 Å². The molecule has 15 heavy (non-hydrogen) atoms. The van der Waals surface area contributed by atoms with Crippen molar-refractivity contribution in [2.75, 3.05) is 25.6 Å². The third kappa shape index (κ3) is 4.75. The van der Waals surface area contributed by atoms with Gasteiger partial charge in [0, 0.05) is 13.7 Å². The van der Waals surface area contributed by atoms with E-state index in [1.165, 1.54) is 0 Å². The SMILES string of the molecule is COCCNC(=O)Nc1ccc(Br)nc1. The summed E-state index contributed by atoms with van der Waals surface area (Å²) in [6, 6.07) is 3.24. The molecule has 0 spiro atoms. The number of ether oxygens (including phenoxy) is 1. The van der Waals surface area contributed by atoms with Gasteiger partial charge >= 0.3 is 6.03 Å². The molecule has 1 rings (SSSR count). The monoisotopic (exact) mass is 273 g/mol. The molecule has 82 valence electrons. The van der Waals surface area contributed by atoms with Crippen molar-refractivity contribution >= 4 is 27.6 Å². The number of amides is 2. The summed E-state index contributed by atoms with van der Waals surface area (Å²) in [4.78, 5) is 15.2. The topological polar surface area (TPSA) is 63.2 Å². The van der Waals surface area contributed by atoms with Crippen LogP contribution in [0.15, 0.2) is 22.9 Å². The van der Waals surface area contributed by atoms with Crippen LogP contribution in [0.4, 0.5) is 10.5 Å². The van der Waals surface area contributed by atoms with Gasteiger partial charge in [-0.05, 0) is 28.1 Å². The van der Waals surface area contributed by atoms with E-state index in [0.717, 1.165) is 4.60 Å². The van der Waals surface area contributed by atoms with Crippen molar-refractivity contribution in [3.63, 3.8) is 0 Å². The highest BCUT2D eigenvalue weighted by Crippen LogP contribution is 2.09. The maximum absolute atomic E-state index is 11.3. The molecule has 0 aliphatic rings. The number of anilines is 1. The molecule has 2 N–H and O–H groups in total. The number of carbonyl (C=O) groups excluding carboxylic acids is 1. The highest BCUT2D eigenvalue weighted by atomic mass is 79.9. The lowest BCUT2D eigenvalue weighted by molar-refractivity contribution is 0.198. The normalized spacial score (nSPS) is 9.73. The Bertz CT molecular complexity index is 316. The summed E-state index contributed by atoms with van der Waals surface area (Å²) in [5.74, 6) is 0. The Morgan fingerprint density at radius 3 is 3.00 bits per heavy atom. The number of nitrogens with zero attached hydrogens (tertiary/aromatic N) is 1. The van der Waals surface area contributed by atoms with Gasteiger partial charge in [0.2, 0.25) is 0 Å². The van der Waals surface area contributed by atoms with Crippen molar-refractivity contribution in [2.24, 2.45) is 0 Å². The first-order valence-electron chi connectivity index (χ1n) is 4.37. The van der Waals surface area contributed by atoms with Crippen LogP contribution >= 0.6 is 15.9 Å². The third-order valence-electron chi connectivity index (χ3n) is 1.58. The number of methoxy groups -OCH3 is 1. The molecule has 0 atom stereocenters. The Morgan fingerprint density at radius 1 is 1.60 bits per heavy atom. The quantitative estimate of drug-likeness (QED) is 0.647. The molecule has 1 aromatic heterocycles. The second-order valence-electron chi connectivity index (χ2n) is 2.74. The first-order chi connectivity index (χ1) is 7.22. The lowest BCUT2D eigenvalue weighted by Gasteiger charge is -2.06. The Labute approximate surface area is 96.4 Å². The van der Waals surface area contributed by atoms with Crippen LogP contribution in [0, 0.1) is 0 Å². The van der Waals surface area contributed by atoms with Crippen LogP contribution in [0.2, 0.25) is 0 Å². The minimum absolute atomic E-state index is 0.267. The van der Waals surface area contributed by atoms with E-state index in [9.17, 15) is 4.79 Å². The molecule has 5 nitrogen and oxygen atoms in total. The third-order valence-corrected chi connectivity index (χ3v) is 2.05. The molecular formula is C9H12BrN3O2. The number of carbonyl (C=O) groups is 1. The fraction of sp³-hybridized carbons (Fsp3) is 0.333. The Morgan fingerprint density at radius 2 is 2.40 bits per heavy atom. The van der Waals surface area contributed by atoms with E-state index >= 15 is 0 Å². The Hall–Kier alpha value is -1.14.